The Hall–Kier alpha value is 0.0600. The van der Waals surface area contributed by atoms with Crippen LogP contribution in [0.4, 0.5) is 0 Å². The van der Waals surface area contributed by atoms with Crippen LogP contribution in [-0.2, 0) is 4.74 Å². The first kappa shape index (κ1) is 22.1. The van der Waals surface area contributed by atoms with Crippen LogP contribution in [0.1, 0.15) is 24.4 Å². The van der Waals surface area contributed by atoms with E-state index in [2.05, 4.69) is 10.2 Å². The third kappa shape index (κ3) is 4.82. The van der Waals surface area contributed by atoms with Crippen molar-refractivity contribution in [3.63, 3.8) is 0 Å². The lowest BCUT2D eigenvalue weighted by molar-refractivity contribution is 0.0206. The maximum absolute atomic E-state index is 10.5. The van der Waals surface area contributed by atoms with E-state index in [1.165, 1.54) is 0 Å². The second-order valence-corrected chi connectivity index (χ2v) is 6.76. The van der Waals surface area contributed by atoms with Crippen molar-refractivity contribution < 1.29 is 9.84 Å². The fourth-order valence-electron chi connectivity index (χ4n) is 3.53. The molecule has 138 valence electrons. The number of ether oxygens (including phenoxy) is 1. The van der Waals surface area contributed by atoms with E-state index in [-0.39, 0.29) is 41.6 Å². The summed E-state index contributed by atoms with van der Waals surface area (Å²) in [6.07, 6.45) is 2.02. The highest BCUT2D eigenvalue weighted by Gasteiger charge is 2.33. The lowest BCUT2D eigenvalue weighted by Gasteiger charge is -2.41. The van der Waals surface area contributed by atoms with Crippen LogP contribution in [0.25, 0.3) is 0 Å². The molecule has 24 heavy (non-hydrogen) atoms. The molecule has 2 N–H and O–H groups in total. The standard InChI is InChI=1S/C16H22Cl2N2O2.2ClH/c17-13-2-1-12(16(21)14(13)18)15(11-3-9-22-10-4-11)20-7-5-19-6-8-20;;/h1-2,11,15,19,21H,3-10H2;2*1H/t15-;;/m0../s1. The Kier molecular flexibility index (Phi) is 9.46. The molecule has 1 aromatic rings. The number of aromatic hydroxyl groups is 1. The third-order valence-corrected chi connectivity index (χ3v) is 5.47. The lowest BCUT2D eigenvalue weighted by Crippen LogP contribution is -2.47. The number of hydrogen-bond acceptors (Lipinski definition) is 4. The van der Waals surface area contributed by atoms with Gasteiger partial charge >= 0.3 is 0 Å². The zero-order valence-electron chi connectivity index (χ0n) is 13.3. The van der Waals surface area contributed by atoms with Crippen molar-refractivity contribution in [3.8, 4) is 5.75 Å². The largest absolute Gasteiger partial charge is 0.506 e. The Labute approximate surface area is 165 Å². The van der Waals surface area contributed by atoms with E-state index in [1.54, 1.807) is 6.07 Å². The minimum absolute atomic E-state index is 0. The van der Waals surface area contributed by atoms with Crippen molar-refractivity contribution in [1.29, 1.82) is 0 Å². The Morgan fingerprint density at radius 3 is 2.38 bits per heavy atom. The van der Waals surface area contributed by atoms with Gasteiger partial charge in [-0.1, -0.05) is 29.3 Å². The SMILES string of the molecule is Cl.Cl.Oc1c([C@H](C2CCOCC2)N2CCNCC2)ccc(Cl)c1Cl. The molecule has 1 atom stereocenters. The van der Waals surface area contributed by atoms with Gasteiger partial charge in [0.25, 0.3) is 0 Å². The monoisotopic (exact) mass is 416 g/mol. The Morgan fingerprint density at radius 2 is 1.75 bits per heavy atom. The van der Waals surface area contributed by atoms with Crippen molar-refractivity contribution in [2.45, 2.75) is 18.9 Å². The summed E-state index contributed by atoms with van der Waals surface area (Å²) >= 11 is 12.2. The molecular formula is C16H24Cl4N2O2. The molecule has 0 amide bonds. The van der Waals surface area contributed by atoms with E-state index >= 15 is 0 Å². The predicted octanol–water partition coefficient (Wildman–Crippen LogP) is 3.92. The van der Waals surface area contributed by atoms with E-state index in [9.17, 15) is 5.11 Å². The quantitative estimate of drug-likeness (QED) is 0.782. The van der Waals surface area contributed by atoms with Crippen LogP contribution < -0.4 is 5.32 Å². The highest BCUT2D eigenvalue weighted by Crippen LogP contribution is 2.43. The molecule has 0 radical (unpaired) electrons. The van der Waals surface area contributed by atoms with E-state index in [0.29, 0.717) is 10.9 Å². The summed E-state index contributed by atoms with van der Waals surface area (Å²) in [6.45, 7) is 5.47. The van der Waals surface area contributed by atoms with E-state index in [0.717, 1.165) is 57.8 Å². The summed E-state index contributed by atoms with van der Waals surface area (Å²) in [5, 5.41) is 14.6. The van der Waals surface area contributed by atoms with E-state index in [1.807, 2.05) is 6.07 Å². The molecule has 2 aliphatic rings. The molecule has 0 bridgehead atoms. The summed E-state index contributed by atoms with van der Waals surface area (Å²) in [5.41, 5.74) is 0.892. The van der Waals surface area contributed by atoms with Crippen LogP contribution in [0.15, 0.2) is 12.1 Å². The van der Waals surface area contributed by atoms with Crippen molar-refractivity contribution in [3.05, 3.63) is 27.7 Å². The molecule has 0 spiro atoms. The van der Waals surface area contributed by atoms with Gasteiger partial charge in [0.15, 0.2) is 0 Å². The van der Waals surface area contributed by atoms with E-state index < -0.39 is 0 Å². The molecule has 2 aliphatic heterocycles. The number of halogens is 4. The smallest absolute Gasteiger partial charge is 0.140 e. The summed E-state index contributed by atoms with van der Waals surface area (Å²) in [7, 11) is 0. The average Bonchev–Trinajstić information content (AvgIpc) is 2.57. The van der Waals surface area contributed by atoms with Gasteiger partial charge in [-0.3, -0.25) is 4.90 Å². The third-order valence-electron chi connectivity index (χ3n) is 4.68. The van der Waals surface area contributed by atoms with E-state index in [4.69, 9.17) is 27.9 Å². The van der Waals surface area contributed by atoms with Gasteiger partial charge in [-0.05, 0) is 24.8 Å². The topological polar surface area (TPSA) is 44.7 Å². The molecule has 2 saturated heterocycles. The second-order valence-electron chi connectivity index (χ2n) is 5.98. The van der Waals surface area contributed by atoms with Gasteiger partial charge in [0.05, 0.1) is 5.02 Å². The molecule has 1 aromatic carbocycles. The highest BCUT2D eigenvalue weighted by atomic mass is 35.5. The number of hydrogen-bond donors (Lipinski definition) is 2. The minimum Gasteiger partial charge on any atom is -0.506 e. The predicted molar refractivity (Wildman–Crippen MR) is 103 cm³/mol. The van der Waals surface area contributed by atoms with Gasteiger partial charge in [-0.25, -0.2) is 0 Å². The van der Waals surface area contributed by atoms with Crippen LogP contribution in [0.3, 0.4) is 0 Å². The van der Waals surface area contributed by atoms with Gasteiger partial charge in [-0.2, -0.15) is 0 Å². The first-order chi connectivity index (χ1) is 10.7. The van der Waals surface area contributed by atoms with Crippen molar-refractivity contribution in [2.75, 3.05) is 39.4 Å². The molecular weight excluding hydrogens is 394 g/mol. The van der Waals surface area contributed by atoms with Crippen LogP contribution in [0.5, 0.6) is 5.75 Å². The maximum atomic E-state index is 10.5. The molecule has 0 saturated carbocycles. The van der Waals surface area contributed by atoms with Gasteiger partial charge in [0.2, 0.25) is 0 Å². The number of rotatable bonds is 3. The van der Waals surface area contributed by atoms with Gasteiger partial charge in [-0.15, -0.1) is 24.8 Å². The first-order valence-corrected chi connectivity index (χ1v) is 8.63. The normalized spacial score (nSPS) is 20.8. The molecule has 0 aliphatic carbocycles. The zero-order chi connectivity index (χ0) is 15.5. The molecule has 0 unspecified atom stereocenters. The fraction of sp³-hybridized carbons (Fsp3) is 0.625. The van der Waals surface area contributed by atoms with Gasteiger partial charge in [0, 0.05) is 51.0 Å². The van der Waals surface area contributed by atoms with Crippen LogP contribution >= 0.6 is 48.0 Å². The van der Waals surface area contributed by atoms with Gasteiger partial charge in [0.1, 0.15) is 10.8 Å². The molecule has 2 fully saturated rings. The van der Waals surface area contributed by atoms with Crippen LogP contribution in [0.2, 0.25) is 10.0 Å². The van der Waals surface area contributed by atoms with Crippen molar-refractivity contribution >= 4 is 48.0 Å². The molecule has 0 aromatic heterocycles. The highest BCUT2D eigenvalue weighted by molar-refractivity contribution is 6.43. The summed E-state index contributed by atoms with van der Waals surface area (Å²) < 4.78 is 5.51. The van der Waals surface area contributed by atoms with Crippen molar-refractivity contribution in [1.82, 2.24) is 10.2 Å². The second kappa shape index (κ2) is 10.3. The number of benzene rings is 1. The minimum atomic E-state index is 0. The summed E-state index contributed by atoms with van der Waals surface area (Å²) in [6, 6.07) is 3.87. The zero-order valence-corrected chi connectivity index (χ0v) is 16.5. The average molecular weight is 418 g/mol. The number of nitrogens with one attached hydrogen (secondary N) is 1. The number of piperazine rings is 1. The number of phenolic OH excluding ortho intramolecular Hbond substituents is 1. The Balaban J connectivity index is 0.00000144. The van der Waals surface area contributed by atoms with Gasteiger partial charge < -0.3 is 15.2 Å². The molecule has 4 nitrogen and oxygen atoms in total. The Morgan fingerprint density at radius 1 is 1.12 bits per heavy atom. The molecule has 3 rings (SSSR count). The molecule has 2 heterocycles. The van der Waals surface area contributed by atoms with Crippen LogP contribution in [-0.4, -0.2) is 49.4 Å². The lowest BCUT2D eigenvalue weighted by atomic mass is 9.85. The maximum Gasteiger partial charge on any atom is 0.140 e. The number of phenols is 1. The summed E-state index contributed by atoms with van der Waals surface area (Å²) in [5.74, 6) is 0.596. The fourth-order valence-corrected chi connectivity index (χ4v) is 3.86. The van der Waals surface area contributed by atoms with Crippen LogP contribution in [0, 0.1) is 5.92 Å². The number of nitrogens with zero attached hydrogens (tertiary/aromatic N) is 1. The Bertz CT molecular complexity index is 503. The first-order valence-electron chi connectivity index (χ1n) is 7.88. The summed E-state index contributed by atoms with van der Waals surface area (Å²) in [4.78, 5) is 2.45. The molecule has 8 heteroatoms. The van der Waals surface area contributed by atoms with Crippen molar-refractivity contribution in [2.24, 2.45) is 5.92 Å².